The Balaban J connectivity index is 1.82. The SMILES string of the molecule is CC(=O)NCC(=O)NCC1COCc2c(C)nnn2C1. The number of nitrogens with zero attached hydrogens (tertiary/aromatic N) is 3. The maximum Gasteiger partial charge on any atom is 0.239 e. The molecule has 1 aromatic rings. The van der Waals surface area contributed by atoms with E-state index in [9.17, 15) is 9.59 Å². The number of amides is 2. The Hall–Kier alpha value is -1.96. The van der Waals surface area contributed by atoms with Crippen LogP contribution in [-0.4, -0.2) is 46.5 Å². The molecule has 0 radical (unpaired) electrons. The normalized spacial score (nSPS) is 18.0. The molecule has 110 valence electrons. The van der Waals surface area contributed by atoms with E-state index in [0.29, 0.717) is 26.3 Å². The highest BCUT2D eigenvalue weighted by atomic mass is 16.5. The number of fused-ring (bicyclic) bond motifs is 1. The third kappa shape index (κ3) is 3.77. The molecule has 0 fully saturated rings. The fourth-order valence-corrected chi connectivity index (χ4v) is 2.01. The zero-order valence-electron chi connectivity index (χ0n) is 11.7. The first-order chi connectivity index (χ1) is 9.56. The molecule has 0 spiro atoms. The number of rotatable bonds is 4. The van der Waals surface area contributed by atoms with Crippen LogP contribution in [0.25, 0.3) is 0 Å². The van der Waals surface area contributed by atoms with E-state index >= 15 is 0 Å². The summed E-state index contributed by atoms with van der Waals surface area (Å²) in [6, 6.07) is 0. The number of hydrogen-bond donors (Lipinski definition) is 2. The molecular formula is C12H19N5O3. The molecule has 2 rings (SSSR count). The quantitative estimate of drug-likeness (QED) is 0.736. The number of carbonyl (C=O) groups excluding carboxylic acids is 2. The van der Waals surface area contributed by atoms with Crippen LogP contribution in [0.1, 0.15) is 18.3 Å². The molecule has 0 aromatic carbocycles. The maximum atomic E-state index is 11.5. The molecule has 1 aliphatic heterocycles. The van der Waals surface area contributed by atoms with Crippen LogP contribution < -0.4 is 10.6 Å². The number of aromatic nitrogens is 3. The average Bonchev–Trinajstić information content (AvgIpc) is 2.64. The molecule has 8 nitrogen and oxygen atoms in total. The Morgan fingerprint density at radius 3 is 3.00 bits per heavy atom. The van der Waals surface area contributed by atoms with Gasteiger partial charge in [0.05, 0.1) is 31.1 Å². The van der Waals surface area contributed by atoms with Crippen LogP contribution in [0.3, 0.4) is 0 Å². The summed E-state index contributed by atoms with van der Waals surface area (Å²) < 4.78 is 7.41. The zero-order valence-corrected chi connectivity index (χ0v) is 11.7. The lowest BCUT2D eigenvalue weighted by Gasteiger charge is -2.14. The highest BCUT2D eigenvalue weighted by Gasteiger charge is 2.20. The highest BCUT2D eigenvalue weighted by molar-refractivity contribution is 5.83. The van der Waals surface area contributed by atoms with Gasteiger partial charge in [0.25, 0.3) is 0 Å². The minimum absolute atomic E-state index is 0.00338. The van der Waals surface area contributed by atoms with E-state index in [1.807, 2.05) is 11.6 Å². The van der Waals surface area contributed by atoms with Crippen LogP contribution >= 0.6 is 0 Å². The van der Waals surface area contributed by atoms with Gasteiger partial charge in [-0.15, -0.1) is 5.10 Å². The highest BCUT2D eigenvalue weighted by Crippen LogP contribution is 2.14. The van der Waals surface area contributed by atoms with Crippen molar-refractivity contribution in [1.82, 2.24) is 25.6 Å². The van der Waals surface area contributed by atoms with Gasteiger partial charge in [0.15, 0.2) is 0 Å². The first kappa shape index (κ1) is 14.4. The Bertz CT molecular complexity index is 499. The fourth-order valence-electron chi connectivity index (χ4n) is 2.01. The number of nitrogens with one attached hydrogen (secondary N) is 2. The monoisotopic (exact) mass is 281 g/mol. The molecule has 1 aromatic heterocycles. The molecule has 8 heteroatoms. The van der Waals surface area contributed by atoms with E-state index in [2.05, 4.69) is 20.9 Å². The van der Waals surface area contributed by atoms with Crippen molar-refractivity contribution in [2.75, 3.05) is 19.7 Å². The van der Waals surface area contributed by atoms with Gasteiger partial charge in [-0.1, -0.05) is 5.21 Å². The molecular weight excluding hydrogens is 262 g/mol. The van der Waals surface area contributed by atoms with Gasteiger partial charge in [-0.2, -0.15) is 0 Å². The number of hydrogen-bond acceptors (Lipinski definition) is 5. The molecule has 0 saturated carbocycles. The molecule has 0 aliphatic carbocycles. The summed E-state index contributed by atoms with van der Waals surface area (Å²) in [5, 5.41) is 13.3. The summed E-state index contributed by atoms with van der Waals surface area (Å²) in [5.41, 5.74) is 1.86. The zero-order chi connectivity index (χ0) is 14.5. The van der Waals surface area contributed by atoms with Gasteiger partial charge in [-0.25, -0.2) is 4.68 Å². The number of aryl methyl sites for hydroxylation is 1. The summed E-state index contributed by atoms with van der Waals surface area (Å²) in [7, 11) is 0. The third-order valence-electron chi connectivity index (χ3n) is 3.14. The van der Waals surface area contributed by atoms with Gasteiger partial charge in [0.2, 0.25) is 11.8 Å². The second kappa shape index (κ2) is 6.47. The molecule has 0 saturated heterocycles. The van der Waals surface area contributed by atoms with E-state index in [1.165, 1.54) is 6.92 Å². The van der Waals surface area contributed by atoms with Crippen molar-refractivity contribution in [2.45, 2.75) is 27.0 Å². The van der Waals surface area contributed by atoms with E-state index in [-0.39, 0.29) is 24.3 Å². The van der Waals surface area contributed by atoms with Gasteiger partial charge >= 0.3 is 0 Å². The van der Waals surface area contributed by atoms with Crippen LogP contribution in [0.15, 0.2) is 0 Å². The minimum atomic E-state index is -0.222. The van der Waals surface area contributed by atoms with E-state index in [0.717, 1.165) is 11.4 Å². The summed E-state index contributed by atoms with van der Waals surface area (Å²) >= 11 is 0. The molecule has 2 heterocycles. The first-order valence-electron chi connectivity index (χ1n) is 6.54. The largest absolute Gasteiger partial charge is 0.375 e. The summed E-state index contributed by atoms with van der Waals surface area (Å²) in [4.78, 5) is 22.2. The number of carbonyl (C=O) groups is 2. The molecule has 2 N–H and O–H groups in total. The minimum Gasteiger partial charge on any atom is -0.375 e. The topological polar surface area (TPSA) is 98.1 Å². The molecule has 20 heavy (non-hydrogen) atoms. The Morgan fingerprint density at radius 1 is 1.45 bits per heavy atom. The van der Waals surface area contributed by atoms with Crippen molar-refractivity contribution < 1.29 is 14.3 Å². The van der Waals surface area contributed by atoms with Crippen molar-refractivity contribution in [3.63, 3.8) is 0 Å². The van der Waals surface area contributed by atoms with Gasteiger partial charge in [0, 0.05) is 25.9 Å². The average molecular weight is 281 g/mol. The molecule has 1 aliphatic rings. The lowest BCUT2D eigenvalue weighted by molar-refractivity contribution is -0.125. The van der Waals surface area contributed by atoms with Crippen LogP contribution in [0.2, 0.25) is 0 Å². The van der Waals surface area contributed by atoms with Crippen molar-refractivity contribution in [2.24, 2.45) is 5.92 Å². The Labute approximate surface area is 116 Å². The fraction of sp³-hybridized carbons (Fsp3) is 0.667. The summed E-state index contributed by atoms with van der Waals surface area (Å²) in [5.74, 6) is -0.293. The smallest absolute Gasteiger partial charge is 0.239 e. The van der Waals surface area contributed by atoms with E-state index in [4.69, 9.17) is 4.74 Å². The van der Waals surface area contributed by atoms with Crippen molar-refractivity contribution in [1.29, 1.82) is 0 Å². The van der Waals surface area contributed by atoms with E-state index in [1.54, 1.807) is 0 Å². The Morgan fingerprint density at radius 2 is 2.25 bits per heavy atom. The molecule has 1 atom stereocenters. The molecule has 0 bridgehead atoms. The third-order valence-corrected chi connectivity index (χ3v) is 3.14. The van der Waals surface area contributed by atoms with Gasteiger partial charge in [-0.3, -0.25) is 9.59 Å². The van der Waals surface area contributed by atoms with E-state index < -0.39 is 0 Å². The predicted octanol–water partition coefficient (Wildman–Crippen LogP) is -1.01. The molecule has 1 unspecified atom stereocenters. The lowest BCUT2D eigenvalue weighted by Crippen LogP contribution is -2.39. The van der Waals surface area contributed by atoms with Crippen molar-refractivity contribution in [3.05, 3.63) is 11.4 Å². The van der Waals surface area contributed by atoms with Crippen molar-refractivity contribution in [3.8, 4) is 0 Å². The van der Waals surface area contributed by atoms with Crippen molar-refractivity contribution >= 4 is 11.8 Å². The van der Waals surface area contributed by atoms with Crippen LogP contribution in [0.5, 0.6) is 0 Å². The predicted molar refractivity (Wildman–Crippen MR) is 69.6 cm³/mol. The van der Waals surface area contributed by atoms with Gasteiger partial charge < -0.3 is 15.4 Å². The second-order valence-electron chi connectivity index (χ2n) is 4.90. The Kier molecular flexibility index (Phi) is 4.67. The number of ether oxygens (including phenoxy) is 1. The van der Waals surface area contributed by atoms with Crippen LogP contribution in [-0.2, 0) is 27.5 Å². The first-order valence-corrected chi connectivity index (χ1v) is 6.54. The summed E-state index contributed by atoms with van der Waals surface area (Å²) in [6.07, 6.45) is 0. The standard InChI is InChI=1S/C12H19N5O3/c1-8-11-7-20-6-10(5-17(11)16-15-8)3-14-12(19)4-13-9(2)18/h10H,3-7H2,1-2H3,(H,13,18)(H,14,19). The van der Waals surface area contributed by atoms with Crippen LogP contribution in [0, 0.1) is 12.8 Å². The maximum absolute atomic E-state index is 11.5. The van der Waals surface area contributed by atoms with Crippen LogP contribution in [0.4, 0.5) is 0 Å². The lowest BCUT2D eigenvalue weighted by atomic mass is 10.1. The summed E-state index contributed by atoms with van der Waals surface area (Å²) in [6.45, 7) is 5.47. The van der Waals surface area contributed by atoms with Gasteiger partial charge in [0.1, 0.15) is 0 Å². The second-order valence-corrected chi connectivity index (χ2v) is 4.90. The molecule has 2 amide bonds. The van der Waals surface area contributed by atoms with Gasteiger partial charge in [-0.05, 0) is 6.92 Å².